The fourth-order valence-corrected chi connectivity index (χ4v) is 4.14. The van der Waals surface area contributed by atoms with E-state index >= 15 is 0 Å². The number of carbonyl (C=O) groups is 2. The third-order valence-corrected chi connectivity index (χ3v) is 5.64. The Balaban J connectivity index is 1.29. The molecule has 0 spiro atoms. The summed E-state index contributed by atoms with van der Waals surface area (Å²) in [5, 5.41) is 22.2. The lowest BCUT2D eigenvalue weighted by Crippen LogP contribution is -2.43. The number of hydrogen-bond donors (Lipinski definition) is 2. The van der Waals surface area contributed by atoms with E-state index in [4.69, 9.17) is 9.15 Å². The zero-order valence-electron chi connectivity index (χ0n) is 17.7. The van der Waals surface area contributed by atoms with E-state index < -0.39 is 17.7 Å². The Morgan fingerprint density at radius 2 is 1.97 bits per heavy atom. The van der Waals surface area contributed by atoms with Gasteiger partial charge in [-0.2, -0.15) is 4.99 Å². The number of carbonyl (C=O) groups excluding carboxylic acids is 2. The summed E-state index contributed by atoms with van der Waals surface area (Å²) in [5.41, 5.74) is -0.577. The maximum absolute atomic E-state index is 12.1. The molecule has 2 aliphatic heterocycles. The Labute approximate surface area is 174 Å². The summed E-state index contributed by atoms with van der Waals surface area (Å²) in [6, 6.07) is -0.686. The average molecular weight is 420 g/mol. The number of amides is 3. The van der Waals surface area contributed by atoms with Crippen LogP contribution < -0.4 is 5.32 Å². The number of urea groups is 1. The average Bonchev–Trinajstić information content (AvgIpc) is 3.17. The Hall–Kier alpha value is -2.69. The zero-order valence-corrected chi connectivity index (χ0v) is 17.7. The number of rotatable bonds is 3. The lowest BCUT2D eigenvalue weighted by atomic mass is 9.80. The highest BCUT2D eigenvalue weighted by Crippen LogP contribution is 2.40. The monoisotopic (exact) mass is 420 g/mol. The van der Waals surface area contributed by atoms with Crippen LogP contribution in [0.4, 0.5) is 9.59 Å². The molecule has 1 aliphatic carbocycles. The number of piperidine rings is 1. The van der Waals surface area contributed by atoms with E-state index in [0.29, 0.717) is 37.0 Å². The molecule has 3 amide bonds. The van der Waals surface area contributed by atoms with Crippen molar-refractivity contribution < 1.29 is 24.0 Å². The van der Waals surface area contributed by atoms with E-state index in [9.17, 15) is 14.8 Å². The molecule has 3 aliphatic rings. The fourth-order valence-electron chi connectivity index (χ4n) is 4.14. The van der Waals surface area contributed by atoms with Crippen molar-refractivity contribution in [2.24, 2.45) is 4.99 Å². The van der Waals surface area contributed by atoms with Gasteiger partial charge in [-0.15, -0.1) is 10.2 Å². The summed E-state index contributed by atoms with van der Waals surface area (Å²) in [4.78, 5) is 29.4. The summed E-state index contributed by atoms with van der Waals surface area (Å²) in [6.07, 6.45) is 2.33. The Morgan fingerprint density at radius 1 is 1.27 bits per heavy atom. The molecule has 0 unspecified atom stereocenters. The van der Waals surface area contributed by atoms with Gasteiger partial charge < -0.3 is 19.4 Å². The van der Waals surface area contributed by atoms with E-state index in [1.54, 1.807) is 32.6 Å². The molecule has 3 fully saturated rings. The van der Waals surface area contributed by atoms with Gasteiger partial charge in [0.15, 0.2) is 0 Å². The van der Waals surface area contributed by atoms with Crippen LogP contribution in [0.25, 0.3) is 0 Å². The summed E-state index contributed by atoms with van der Waals surface area (Å²) in [5.74, 6) is 1.61. The van der Waals surface area contributed by atoms with Gasteiger partial charge in [-0.3, -0.25) is 5.21 Å². The third-order valence-electron chi connectivity index (χ3n) is 5.64. The van der Waals surface area contributed by atoms with Gasteiger partial charge in [-0.1, -0.05) is 0 Å². The molecule has 1 aromatic rings. The SMILES string of the molecule is C/C(=N\C(=O)OC(C)(C)C)N[C@H]1C[C@H](c2nnc([C@@H]3CC[C@@H]4CN3C(=O)N4O)o2)C1. The number of hydroxylamine groups is 2. The van der Waals surface area contributed by atoms with Crippen molar-refractivity contribution >= 4 is 18.0 Å². The number of hydrogen-bond acceptors (Lipinski definition) is 7. The van der Waals surface area contributed by atoms with Gasteiger partial charge in [-0.05, 0) is 53.4 Å². The summed E-state index contributed by atoms with van der Waals surface area (Å²) in [7, 11) is 0. The number of amidine groups is 1. The normalized spacial score (nSPS) is 29.1. The number of ether oxygens (including phenoxy) is 1. The van der Waals surface area contributed by atoms with Crippen LogP contribution >= 0.6 is 0 Å². The number of nitrogens with one attached hydrogen (secondary N) is 1. The summed E-state index contributed by atoms with van der Waals surface area (Å²) < 4.78 is 11.1. The minimum absolute atomic E-state index is 0.123. The van der Waals surface area contributed by atoms with Gasteiger partial charge in [0.1, 0.15) is 17.5 Å². The highest BCUT2D eigenvalue weighted by Gasteiger charge is 2.47. The lowest BCUT2D eigenvalue weighted by Gasteiger charge is -2.34. The van der Waals surface area contributed by atoms with E-state index in [2.05, 4.69) is 20.5 Å². The molecule has 2 N–H and O–H groups in total. The van der Waals surface area contributed by atoms with Crippen molar-refractivity contribution in [2.45, 2.75) is 83.0 Å². The van der Waals surface area contributed by atoms with Gasteiger partial charge in [0.2, 0.25) is 11.8 Å². The maximum Gasteiger partial charge on any atom is 0.435 e. The molecule has 0 radical (unpaired) electrons. The van der Waals surface area contributed by atoms with Crippen molar-refractivity contribution in [3.8, 4) is 0 Å². The Bertz CT molecular complexity index is 856. The van der Waals surface area contributed by atoms with Gasteiger partial charge in [0, 0.05) is 18.5 Å². The van der Waals surface area contributed by atoms with Crippen molar-refractivity contribution in [2.75, 3.05) is 6.54 Å². The molecule has 11 nitrogen and oxygen atoms in total. The standard InChI is InChI=1S/C19H28N6O5/c1-10(21-17(26)30-19(2,3)4)20-12-7-11(8-12)15-22-23-16(29-15)14-6-5-13-9-24(14)18(27)25(13)28/h11-14,28H,5-9H2,1-4H3,(H,20,21,26)/t11-,12-,13-,14+/m1/s1. The fraction of sp³-hybridized carbons (Fsp3) is 0.737. The van der Waals surface area contributed by atoms with E-state index in [1.807, 2.05) is 0 Å². The second-order valence-corrected chi connectivity index (χ2v) is 9.19. The van der Waals surface area contributed by atoms with Crippen LogP contribution in [0.2, 0.25) is 0 Å². The van der Waals surface area contributed by atoms with Crippen molar-refractivity contribution in [3.63, 3.8) is 0 Å². The predicted octanol–water partition coefficient (Wildman–Crippen LogP) is 2.59. The van der Waals surface area contributed by atoms with Gasteiger partial charge >= 0.3 is 12.1 Å². The smallest absolute Gasteiger partial charge is 0.435 e. The largest absolute Gasteiger partial charge is 0.442 e. The zero-order chi connectivity index (χ0) is 21.6. The van der Waals surface area contributed by atoms with E-state index in [1.165, 1.54) is 0 Å². The van der Waals surface area contributed by atoms with Gasteiger partial charge in [-0.25, -0.2) is 14.7 Å². The number of aliphatic imine (C=N–C) groups is 1. The molecule has 2 saturated heterocycles. The van der Waals surface area contributed by atoms with Crippen LogP contribution in [0.5, 0.6) is 0 Å². The number of nitrogens with zero attached hydrogens (tertiary/aromatic N) is 5. The van der Waals surface area contributed by atoms with Gasteiger partial charge in [0.05, 0.1) is 6.04 Å². The molecule has 3 heterocycles. The molecule has 11 heteroatoms. The highest BCUT2D eigenvalue weighted by molar-refractivity contribution is 5.90. The van der Waals surface area contributed by atoms with Crippen molar-refractivity contribution in [1.82, 2.24) is 25.5 Å². The van der Waals surface area contributed by atoms with Crippen molar-refractivity contribution in [1.29, 1.82) is 0 Å². The quantitative estimate of drug-likeness (QED) is 0.433. The van der Waals surface area contributed by atoms with Crippen LogP contribution in [0.3, 0.4) is 0 Å². The molecule has 0 aromatic carbocycles. The van der Waals surface area contributed by atoms with E-state index in [0.717, 1.165) is 17.9 Å². The first-order valence-electron chi connectivity index (χ1n) is 10.3. The molecule has 4 rings (SSSR count). The summed E-state index contributed by atoms with van der Waals surface area (Å²) in [6.45, 7) is 7.59. The minimum Gasteiger partial charge on any atom is -0.442 e. The molecular weight excluding hydrogens is 392 g/mol. The molecular formula is C19H28N6O5. The van der Waals surface area contributed by atoms with Crippen LogP contribution in [0.15, 0.2) is 9.41 Å². The highest BCUT2D eigenvalue weighted by atomic mass is 16.6. The first kappa shape index (κ1) is 20.6. The van der Waals surface area contributed by atoms with Crippen molar-refractivity contribution in [3.05, 3.63) is 11.8 Å². The third kappa shape index (κ3) is 4.11. The van der Waals surface area contributed by atoms with Crippen LogP contribution in [-0.4, -0.2) is 67.6 Å². The van der Waals surface area contributed by atoms with Crippen LogP contribution in [0, 0.1) is 0 Å². The molecule has 1 aromatic heterocycles. The van der Waals surface area contributed by atoms with Gasteiger partial charge in [0.25, 0.3) is 0 Å². The molecule has 1 saturated carbocycles. The molecule has 164 valence electrons. The molecule has 2 bridgehead atoms. The number of aromatic nitrogens is 2. The maximum atomic E-state index is 12.1. The first-order valence-corrected chi connectivity index (χ1v) is 10.3. The Morgan fingerprint density at radius 3 is 2.67 bits per heavy atom. The first-order chi connectivity index (χ1) is 14.1. The van der Waals surface area contributed by atoms with E-state index in [-0.39, 0.29) is 24.0 Å². The predicted molar refractivity (Wildman–Crippen MR) is 104 cm³/mol. The number of fused-ring (bicyclic) bond motifs is 2. The van der Waals surface area contributed by atoms with Crippen LogP contribution in [-0.2, 0) is 4.74 Å². The Kier molecular flexibility index (Phi) is 5.16. The topological polar surface area (TPSA) is 133 Å². The minimum atomic E-state index is -0.613. The second-order valence-electron chi connectivity index (χ2n) is 9.19. The van der Waals surface area contributed by atoms with Crippen LogP contribution in [0.1, 0.15) is 77.1 Å². The lowest BCUT2D eigenvalue weighted by molar-refractivity contribution is -0.0584. The summed E-state index contributed by atoms with van der Waals surface area (Å²) >= 11 is 0. The molecule has 30 heavy (non-hydrogen) atoms. The molecule has 2 atom stereocenters. The second kappa shape index (κ2) is 7.53.